The van der Waals surface area contributed by atoms with Gasteiger partial charge >= 0.3 is 6.03 Å². The lowest BCUT2D eigenvalue weighted by Crippen LogP contribution is -2.49. The Morgan fingerprint density at radius 3 is 2.50 bits per heavy atom. The normalized spacial score (nSPS) is 20.6. The number of anilines is 2. The van der Waals surface area contributed by atoms with E-state index in [0.717, 1.165) is 10.5 Å². The first kappa shape index (κ1) is 19.6. The van der Waals surface area contributed by atoms with Crippen LogP contribution in [0.3, 0.4) is 0 Å². The van der Waals surface area contributed by atoms with Crippen LogP contribution >= 0.6 is 0 Å². The number of urea groups is 1. The van der Waals surface area contributed by atoms with Crippen LogP contribution < -0.4 is 15.5 Å². The Morgan fingerprint density at radius 1 is 1.03 bits per heavy atom. The number of imide groups is 1. The number of nitrogens with zero attached hydrogens (tertiary/aromatic N) is 2. The van der Waals surface area contributed by atoms with Crippen molar-refractivity contribution in [2.45, 2.75) is 25.3 Å². The number of benzene rings is 2. The minimum atomic E-state index is -1.08. The molecular weight excluding hydrogens is 384 g/mol. The predicted molar refractivity (Wildman–Crippen MR) is 111 cm³/mol. The molecule has 1 atom stereocenters. The van der Waals surface area contributed by atoms with Crippen molar-refractivity contribution in [3.63, 3.8) is 0 Å². The van der Waals surface area contributed by atoms with Crippen molar-refractivity contribution in [3.05, 3.63) is 60.2 Å². The van der Waals surface area contributed by atoms with E-state index >= 15 is 0 Å². The third-order valence-corrected chi connectivity index (χ3v) is 5.47. The quantitative estimate of drug-likeness (QED) is 0.741. The molecule has 30 heavy (non-hydrogen) atoms. The first-order valence-electron chi connectivity index (χ1n) is 9.75. The molecule has 8 heteroatoms. The Kier molecular flexibility index (Phi) is 4.99. The second kappa shape index (κ2) is 7.62. The molecule has 1 fully saturated rings. The van der Waals surface area contributed by atoms with Crippen LogP contribution in [0, 0.1) is 0 Å². The summed E-state index contributed by atoms with van der Waals surface area (Å²) in [5, 5.41) is 5.43. The maximum atomic E-state index is 13.0. The van der Waals surface area contributed by atoms with Gasteiger partial charge in [-0.15, -0.1) is 0 Å². The lowest BCUT2D eigenvalue weighted by atomic mass is 9.93. The molecular formula is C22H22N4O4. The summed E-state index contributed by atoms with van der Waals surface area (Å²) in [5.74, 6) is -1.26. The maximum Gasteiger partial charge on any atom is 0.325 e. The van der Waals surface area contributed by atoms with Crippen molar-refractivity contribution in [2.24, 2.45) is 0 Å². The van der Waals surface area contributed by atoms with E-state index in [-0.39, 0.29) is 12.5 Å². The summed E-state index contributed by atoms with van der Waals surface area (Å²) in [4.78, 5) is 52.6. The summed E-state index contributed by atoms with van der Waals surface area (Å²) >= 11 is 0. The molecule has 5 amide bonds. The van der Waals surface area contributed by atoms with Gasteiger partial charge in [-0.2, -0.15) is 0 Å². The number of nitrogens with one attached hydrogen (secondary N) is 2. The number of carbonyl (C=O) groups excluding carboxylic acids is 4. The molecule has 0 bridgehead atoms. The molecule has 2 N–H and O–H groups in total. The zero-order valence-corrected chi connectivity index (χ0v) is 16.6. The van der Waals surface area contributed by atoms with Gasteiger partial charge in [0.15, 0.2) is 0 Å². The van der Waals surface area contributed by atoms with Gasteiger partial charge in [-0.05, 0) is 37.5 Å². The maximum absolute atomic E-state index is 13.0. The monoisotopic (exact) mass is 406 g/mol. The van der Waals surface area contributed by atoms with E-state index < -0.39 is 29.9 Å². The van der Waals surface area contributed by atoms with Gasteiger partial charge < -0.3 is 10.6 Å². The summed E-state index contributed by atoms with van der Waals surface area (Å²) in [7, 11) is 0. The second-order valence-electron chi connectivity index (χ2n) is 7.68. The second-order valence-corrected chi connectivity index (χ2v) is 7.68. The molecule has 1 saturated heterocycles. The van der Waals surface area contributed by atoms with Crippen molar-refractivity contribution >= 4 is 35.1 Å². The van der Waals surface area contributed by atoms with Gasteiger partial charge in [0.1, 0.15) is 18.6 Å². The molecule has 2 aliphatic heterocycles. The molecule has 0 aromatic heterocycles. The highest BCUT2D eigenvalue weighted by Gasteiger charge is 2.48. The number of amides is 5. The smallest absolute Gasteiger partial charge is 0.323 e. The van der Waals surface area contributed by atoms with Gasteiger partial charge in [0.2, 0.25) is 11.8 Å². The number of hydrogen-bond donors (Lipinski definition) is 2. The van der Waals surface area contributed by atoms with Crippen LogP contribution in [0.15, 0.2) is 54.6 Å². The van der Waals surface area contributed by atoms with Crippen LogP contribution in [0.25, 0.3) is 0 Å². The Bertz CT molecular complexity index is 1020. The van der Waals surface area contributed by atoms with E-state index in [1.807, 2.05) is 30.3 Å². The number of fused-ring (bicyclic) bond motifs is 1. The molecule has 0 aliphatic carbocycles. The van der Waals surface area contributed by atoms with Gasteiger partial charge in [0.05, 0.1) is 11.4 Å². The summed E-state index contributed by atoms with van der Waals surface area (Å²) < 4.78 is 0. The summed E-state index contributed by atoms with van der Waals surface area (Å²) in [5.41, 5.74) is 1.05. The zero-order valence-electron chi connectivity index (χ0n) is 16.6. The van der Waals surface area contributed by atoms with Crippen molar-refractivity contribution in [3.8, 4) is 0 Å². The Morgan fingerprint density at radius 2 is 1.73 bits per heavy atom. The molecule has 0 radical (unpaired) electrons. The lowest BCUT2D eigenvalue weighted by molar-refractivity contribution is -0.134. The Balaban J connectivity index is 1.47. The standard InChI is InChI=1S/C22H22N4O4/c1-22(12-11-15-7-3-2-4-8-15)20(29)26(21(30)24-22)14-19(28)25-13-18(27)23-16-9-5-6-10-17(16)25/h2-10H,11-14H2,1H3,(H,23,27)(H,24,30)/t22-/m0/s1. The zero-order chi connectivity index (χ0) is 21.3. The lowest BCUT2D eigenvalue weighted by Gasteiger charge is -2.30. The Hall–Kier alpha value is -3.68. The van der Waals surface area contributed by atoms with Gasteiger partial charge in [-0.3, -0.25) is 24.2 Å². The molecule has 0 unspecified atom stereocenters. The van der Waals surface area contributed by atoms with Crippen LogP contribution in [0.5, 0.6) is 0 Å². The van der Waals surface area contributed by atoms with E-state index in [0.29, 0.717) is 24.2 Å². The number of aryl methyl sites for hydroxylation is 1. The fourth-order valence-corrected chi connectivity index (χ4v) is 3.78. The molecule has 0 saturated carbocycles. The molecule has 2 heterocycles. The van der Waals surface area contributed by atoms with Crippen LogP contribution in [0.4, 0.5) is 16.2 Å². The SMILES string of the molecule is C[C@@]1(CCc2ccccc2)NC(=O)N(CC(=O)N2CC(=O)Nc3ccccc32)C1=O. The van der Waals surface area contributed by atoms with E-state index in [9.17, 15) is 19.2 Å². The molecule has 2 aliphatic rings. The number of rotatable bonds is 5. The molecule has 8 nitrogen and oxygen atoms in total. The fraction of sp³-hybridized carbons (Fsp3) is 0.273. The molecule has 2 aromatic rings. The van der Waals surface area contributed by atoms with Crippen molar-refractivity contribution < 1.29 is 19.2 Å². The van der Waals surface area contributed by atoms with Gasteiger partial charge in [0.25, 0.3) is 5.91 Å². The highest BCUT2D eigenvalue weighted by Crippen LogP contribution is 2.30. The topological polar surface area (TPSA) is 98.8 Å². The van der Waals surface area contributed by atoms with E-state index in [2.05, 4.69) is 10.6 Å². The fourth-order valence-electron chi connectivity index (χ4n) is 3.78. The van der Waals surface area contributed by atoms with Crippen LogP contribution in [-0.4, -0.2) is 47.3 Å². The van der Waals surface area contributed by atoms with Crippen molar-refractivity contribution in [1.82, 2.24) is 10.2 Å². The van der Waals surface area contributed by atoms with Crippen LogP contribution in [0.2, 0.25) is 0 Å². The number of para-hydroxylation sites is 2. The first-order chi connectivity index (χ1) is 14.4. The number of carbonyl (C=O) groups is 4. The average Bonchev–Trinajstić information content (AvgIpc) is 2.95. The molecule has 0 spiro atoms. The largest absolute Gasteiger partial charge is 0.325 e. The van der Waals surface area contributed by atoms with E-state index in [1.165, 1.54) is 4.90 Å². The summed E-state index contributed by atoms with van der Waals surface area (Å²) in [6, 6.07) is 16.0. The van der Waals surface area contributed by atoms with Gasteiger partial charge in [-0.1, -0.05) is 42.5 Å². The number of hydrogen-bond acceptors (Lipinski definition) is 4. The molecule has 4 rings (SSSR count). The van der Waals surface area contributed by atoms with E-state index in [4.69, 9.17) is 0 Å². The predicted octanol–water partition coefficient (Wildman–Crippen LogP) is 1.91. The van der Waals surface area contributed by atoms with E-state index in [1.54, 1.807) is 31.2 Å². The summed E-state index contributed by atoms with van der Waals surface area (Å²) in [6.07, 6.45) is 1.03. The van der Waals surface area contributed by atoms with Crippen molar-refractivity contribution in [1.29, 1.82) is 0 Å². The minimum Gasteiger partial charge on any atom is -0.323 e. The Labute approximate surface area is 173 Å². The van der Waals surface area contributed by atoms with Crippen LogP contribution in [0.1, 0.15) is 18.9 Å². The van der Waals surface area contributed by atoms with Crippen molar-refractivity contribution in [2.75, 3.05) is 23.3 Å². The highest BCUT2D eigenvalue weighted by molar-refractivity contribution is 6.14. The highest BCUT2D eigenvalue weighted by atomic mass is 16.2. The third-order valence-electron chi connectivity index (χ3n) is 5.47. The molecule has 154 valence electrons. The molecule has 2 aromatic carbocycles. The first-order valence-corrected chi connectivity index (χ1v) is 9.75. The third kappa shape index (κ3) is 3.63. The van der Waals surface area contributed by atoms with Gasteiger partial charge in [-0.25, -0.2) is 4.79 Å². The summed E-state index contributed by atoms with van der Waals surface area (Å²) in [6.45, 7) is 1.09. The minimum absolute atomic E-state index is 0.162. The van der Waals surface area contributed by atoms with Gasteiger partial charge in [0, 0.05) is 0 Å². The average molecular weight is 406 g/mol. The van der Waals surface area contributed by atoms with Crippen LogP contribution in [-0.2, 0) is 20.8 Å².